The SMILES string of the molecule is Cn1c(Cl)c(Br)c(Cl)c1-n1c(Cl)c(Cl)c(Cl)c1Cl. The average Bonchev–Trinajstić information content (AvgIpc) is 2.64. The van der Waals surface area contributed by atoms with Gasteiger partial charge in [0.1, 0.15) is 21.3 Å². The molecule has 0 spiro atoms. The molecular formula is C9H3BrCl6N2. The van der Waals surface area contributed by atoms with Crippen molar-refractivity contribution in [3.05, 3.63) is 35.0 Å². The summed E-state index contributed by atoms with van der Waals surface area (Å²) in [4.78, 5) is 0. The Kier molecular flexibility index (Phi) is 4.45. The lowest BCUT2D eigenvalue weighted by atomic mass is 10.6. The second-order valence-corrected chi connectivity index (χ2v) is 6.35. The summed E-state index contributed by atoms with van der Waals surface area (Å²) >= 11 is 39.6. The molecule has 9 heteroatoms. The fourth-order valence-corrected chi connectivity index (χ4v) is 3.45. The van der Waals surface area contributed by atoms with Crippen LogP contribution in [-0.2, 0) is 7.05 Å². The zero-order valence-corrected chi connectivity index (χ0v) is 14.7. The van der Waals surface area contributed by atoms with Gasteiger partial charge in [-0.1, -0.05) is 69.6 Å². The molecule has 0 aliphatic heterocycles. The summed E-state index contributed by atoms with van der Waals surface area (Å²) in [6.45, 7) is 0. The van der Waals surface area contributed by atoms with E-state index in [1.54, 1.807) is 11.6 Å². The van der Waals surface area contributed by atoms with Crippen LogP contribution in [0.15, 0.2) is 4.47 Å². The summed E-state index contributed by atoms with van der Waals surface area (Å²) < 4.78 is 3.57. The first-order valence-electron chi connectivity index (χ1n) is 4.39. The molecular weight excluding hydrogens is 429 g/mol. The van der Waals surface area contributed by atoms with Crippen LogP contribution in [0.3, 0.4) is 0 Å². The minimum atomic E-state index is 0.160. The first-order valence-corrected chi connectivity index (χ1v) is 7.45. The zero-order chi connectivity index (χ0) is 13.8. The van der Waals surface area contributed by atoms with Gasteiger partial charge in [0.15, 0.2) is 0 Å². The molecule has 0 aliphatic carbocycles. The van der Waals surface area contributed by atoms with Gasteiger partial charge in [0, 0.05) is 7.05 Å². The standard InChI is InChI=1S/C9H3BrCl6N2/c1-17-6(14)2(10)3(11)9(17)18-7(15)4(12)5(13)8(18)16/h1H3. The first kappa shape index (κ1) is 15.2. The topological polar surface area (TPSA) is 9.86 Å². The van der Waals surface area contributed by atoms with Crippen molar-refractivity contribution >= 4 is 85.5 Å². The predicted octanol–water partition coefficient (Wildman–Crippen LogP) is 6.50. The van der Waals surface area contributed by atoms with Crippen LogP contribution < -0.4 is 0 Å². The Morgan fingerprint density at radius 2 is 1.22 bits per heavy atom. The van der Waals surface area contributed by atoms with Gasteiger partial charge in [-0.2, -0.15) is 0 Å². The third kappa shape index (κ3) is 2.08. The van der Waals surface area contributed by atoms with Crippen molar-refractivity contribution in [3.8, 4) is 5.82 Å². The molecule has 0 aromatic carbocycles. The Morgan fingerprint density at radius 3 is 1.56 bits per heavy atom. The van der Waals surface area contributed by atoms with E-state index in [0.717, 1.165) is 0 Å². The molecule has 2 rings (SSSR count). The third-order valence-electron chi connectivity index (χ3n) is 2.34. The maximum Gasteiger partial charge on any atom is 0.140 e. The minimum absolute atomic E-state index is 0.160. The van der Waals surface area contributed by atoms with Gasteiger partial charge in [-0.15, -0.1) is 0 Å². The Labute approximate surface area is 141 Å². The van der Waals surface area contributed by atoms with E-state index in [4.69, 9.17) is 69.6 Å². The predicted molar refractivity (Wildman–Crippen MR) is 82.5 cm³/mol. The molecule has 0 aliphatic rings. The number of hydrogen-bond donors (Lipinski definition) is 0. The highest BCUT2D eigenvalue weighted by Crippen LogP contribution is 2.45. The maximum atomic E-state index is 6.18. The van der Waals surface area contributed by atoms with Gasteiger partial charge >= 0.3 is 0 Å². The van der Waals surface area contributed by atoms with Gasteiger partial charge in [0.2, 0.25) is 0 Å². The monoisotopic (exact) mass is 428 g/mol. The van der Waals surface area contributed by atoms with Crippen LogP contribution in [0.5, 0.6) is 0 Å². The summed E-state index contributed by atoms with van der Waals surface area (Å²) in [6, 6.07) is 0. The molecule has 0 atom stereocenters. The van der Waals surface area contributed by atoms with Gasteiger partial charge in [-0.3, -0.25) is 4.57 Å². The molecule has 2 aromatic heterocycles. The zero-order valence-electron chi connectivity index (χ0n) is 8.54. The molecule has 0 radical (unpaired) electrons. The number of hydrogen-bond acceptors (Lipinski definition) is 0. The average molecular weight is 432 g/mol. The summed E-state index contributed by atoms with van der Waals surface area (Å²) in [5.74, 6) is 0.470. The summed E-state index contributed by atoms with van der Waals surface area (Å²) in [5.41, 5.74) is 0. The summed E-state index contributed by atoms with van der Waals surface area (Å²) in [7, 11) is 1.71. The Bertz CT molecular complexity index is 537. The number of rotatable bonds is 1. The molecule has 0 saturated heterocycles. The van der Waals surface area contributed by atoms with Crippen LogP contribution in [0, 0.1) is 0 Å². The van der Waals surface area contributed by atoms with E-state index in [0.29, 0.717) is 20.5 Å². The molecule has 0 saturated carbocycles. The Balaban J connectivity index is 2.86. The summed E-state index contributed by atoms with van der Waals surface area (Å²) in [6.07, 6.45) is 0. The maximum absolute atomic E-state index is 6.18. The number of nitrogens with zero attached hydrogens (tertiary/aromatic N) is 2. The lowest BCUT2D eigenvalue weighted by molar-refractivity contribution is 0.848. The first-order chi connectivity index (χ1) is 8.29. The van der Waals surface area contributed by atoms with E-state index in [1.165, 1.54) is 4.57 Å². The largest absolute Gasteiger partial charge is 0.319 e. The van der Waals surface area contributed by atoms with Crippen molar-refractivity contribution in [3.63, 3.8) is 0 Å². The smallest absolute Gasteiger partial charge is 0.140 e. The molecule has 2 nitrogen and oxygen atoms in total. The van der Waals surface area contributed by atoms with Gasteiger partial charge in [0.25, 0.3) is 0 Å². The third-order valence-corrected chi connectivity index (χ3v) is 6.11. The normalized spacial score (nSPS) is 11.3. The Hall–Kier alpha value is 0.780. The van der Waals surface area contributed by atoms with Crippen LogP contribution >= 0.6 is 85.5 Å². The molecule has 18 heavy (non-hydrogen) atoms. The van der Waals surface area contributed by atoms with E-state index in [1.807, 2.05) is 0 Å². The lowest BCUT2D eigenvalue weighted by Gasteiger charge is -2.09. The molecule has 98 valence electrons. The molecule has 0 amide bonds. The second-order valence-electron chi connectivity index (χ2n) is 3.35. The highest BCUT2D eigenvalue weighted by Gasteiger charge is 2.25. The van der Waals surface area contributed by atoms with Crippen molar-refractivity contribution in [2.75, 3.05) is 0 Å². The van der Waals surface area contributed by atoms with Crippen molar-refractivity contribution in [2.45, 2.75) is 0 Å². The number of halogens is 7. The fourth-order valence-electron chi connectivity index (χ4n) is 1.47. The van der Waals surface area contributed by atoms with Gasteiger partial charge in [-0.25, -0.2) is 0 Å². The van der Waals surface area contributed by atoms with Crippen LogP contribution in [-0.4, -0.2) is 9.13 Å². The molecule has 0 bridgehead atoms. The Morgan fingerprint density at radius 1 is 0.778 bits per heavy atom. The highest BCUT2D eigenvalue weighted by molar-refractivity contribution is 9.10. The van der Waals surface area contributed by atoms with Crippen molar-refractivity contribution in [2.24, 2.45) is 7.05 Å². The molecule has 0 unspecified atom stereocenters. The van der Waals surface area contributed by atoms with E-state index in [-0.39, 0.29) is 20.4 Å². The van der Waals surface area contributed by atoms with Crippen LogP contribution in [0.2, 0.25) is 30.5 Å². The highest BCUT2D eigenvalue weighted by atomic mass is 79.9. The van der Waals surface area contributed by atoms with Crippen molar-refractivity contribution in [1.29, 1.82) is 0 Å². The minimum Gasteiger partial charge on any atom is -0.319 e. The molecule has 0 fully saturated rings. The summed E-state index contributed by atoms with van der Waals surface area (Å²) in [5, 5.41) is 1.41. The van der Waals surface area contributed by atoms with E-state index >= 15 is 0 Å². The van der Waals surface area contributed by atoms with E-state index < -0.39 is 0 Å². The van der Waals surface area contributed by atoms with Crippen molar-refractivity contribution < 1.29 is 0 Å². The van der Waals surface area contributed by atoms with Gasteiger partial charge < -0.3 is 4.57 Å². The van der Waals surface area contributed by atoms with E-state index in [9.17, 15) is 0 Å². The van der Waals surface area contributed by atoms with Gasteiger partial charge in [0.05, 0.1) is 19.5 Å². The van der Waals surface area contributed by atoms with Crippen LogP contribution in [0.25, 0.3) is 5.82 Å². The quantitative estimate of drug-likeness (QED) is 0.488. The fraction of sp³-hybridized carbons (Fsp3) is 0.111. The van der Waals surface area contributed by atoms with Crippen LogP contribution in [0.4, 0.5) is 0 Å². The van der Waals surface area contributed by atoms with E-state index in [2.05, 4.69) is 15.9 Å². The van der Waals surface area contributed by atoms with Crippen LogP contribution in [0.1, 0.15) is 0 Å². The van der Waals surface area contributed by atoms with Crippen molar-refractivity contribution in [1.82, 2.24) is 9.13 Å². The molecule has 2 heterocycles. The second kappa shape index (κ2) is 5.28. The molecule has 2 aromatic rings. The molecule has 0 N–H and O–H groups in total. The number of aromatic nitrogens is 2. The lowest BCUT2D eigenvalue weighted by Crippen LogP contribution is -2.02. The van der Waals surface area contributed by atoms with Gasteiger partial charge in [-0.05, 0) is 15.9 Å².